The molecule has 1 aliphatic carbocycles. The van der Waals surface area contributed by atoms with Crippen molar-refractivity contribution in [3.63, 3.8) is 0 Å². The number of carbonyl (C=O) groups excluding carboxylic acids is 1. The molecule has 0 saturated carbocycles. The fourth-order valence-corrected chi connectivity index (χ4v) is 5.16. The summed E-state index contributed by atoms with van der Waals surface area (Å²) in [5.74, 6) is 1.80. The Hall–Kier alpha value is -2.86. The lowest BCUT2D eigenvalue weighted by atomic mass is 9.84. The zero-order valence-electron chi connectivity index (χ0n) is 21.8. The van der Waals surface area contributed by atoms with Crippen LogP contribution < -0.4 is 4.74 Å². The molecule has 0 saturated heterocycles. The monoisotopic (exact) mass is 492 g/mol. The van der Waals surface area contributed by atoms with Gasteiger partial charge in [0.1, 0.15) is 5.78 Å². The molecule has 0 radical (unpaired) electrons. The fraction of sp³-hybridized carbons (Fsp3) is 0.533. The largest absolute Gasteiger partial charge is 0.504 e. The zero-order valence-corrected chi connectivity index (χ0v) is 21.8. The van der Waals surface area contributed by atoms with Crippen molar-refractivity contribution in [2.24, 2.45) is 22.7 Å². The Morgan fingerprint density at radius 3 is 2.83 bits per heavy atom. The van der Waals surface area contributed by atoms with Crippen molar-refractivity contribution in [1.29, 1.82) is 0 Å². The predicted octanol–water partition coefficient (Wildman–Crippen LogP) is 5.56. The van der Waals surface area contributed by atoms with Gasteiger partial charge in [0.25, 0.3) is 0 Å². The summed E-state index contributed by atoms with van der Waals surface area (Å²) in [4.78, 5) is 19.1. The quantitative estimate of drug-likeness (QED) is 0.374. The Bertz CT molecular complexity index is 1060. The van der Waals surface area contributed by atoms with Crippen LogP contribution in [0, 0.1) is 17.8 Å². The average molecular weight is 493 g/mol. The second kappa shape index (κ2) is 11.9. The Kier molecular flexibility index (Phi) is 8.68. The lowest BCUT2D eigenvalue weighted by Crippen LogP contribution is -2.32. The molecule has 4 unspecified atom stereocenters. The number of allylic oxidation sites excluding steroid dienone is 2. The molecular weight excluding hydrogens is 452 g/mol. The van der Waals surface area contributed by atoms with Crippen LogP contribution in [0.5, 0.6) is 11.5 Å². The van der Waals surface area contributed by atoms with Gasteiger partial charge in [-0.25, -0.2) is 0 Å². The molecule has 4 atom stereocenters. The van der Waals surface area contributed by atoms with Gasteiger partial charge in [0.05, 0.1) is 17.8 Å². The molecule has 6 heteroatoms. The van der Waals surface area contributed by atoms with E-state index in [0.717, 1.165) is 36.9 Å². The summed E-state index contributed by atoms with van der Waals surface area (Å²) in [5.41, 5.74) is 3.15. The van der Waals surface area contributed by atoms with Gasteiger partial charge in [-0.2, -0.15) is 0 Å². The molecule has 0 amide bonds. The number of rotatable bonds is 12. The second-order valence-electron chi connectivity index (χ2n) is 10.9. The van der Waals surface area contributed by atoms with Gasteiger partial charge in [0.15, 0.2) is 18.2 Å². The number of hydrogen-bond acceptors (Lipinski definition) is 6. The van der Waals surface area contributed by atoms with E-state index in [1.165, 1.54) is 5.57 Å². The van der Waals surface area contributed by atoms with E-state index in [1.807, 2.05) is 24.5 Å². The van der Waals surface area contributed by atoms with Crippen LogP contribution in [-0.2, 0) is 11.2 Å². The van der Waals surface area contributed by atoms with Crippen LogP contribution >= 0.6 is 0 Å². The molecule has 0 spiro atoms. The third kappa shape index (κ3) is 6.67. The van der Waals surface area contributed by atoms with Crippen LogP contribution in [0.1, 0.15) is 64.9 Å². The van der Waals surface area contributed by atoms with Gasteiger partial charge in [-0.3, -0.25) is 9.79 Å². The summed E-state index contributed by atoms with van der Waals surface area (Å²) in [5, 5.41) is 20.9. The van der Waals surface area contributed by atoms with E-state index in [2.05, 4.69) is 48.9 Å². The highest BCUT2D eigenvalue weighted by atomic mass is 16.5. The van der Waals surface area contributed by atoms with Crippen molar-refractivity contribution < 1.29 is 19.7 Å². The van der Waals surface area contributed by atoms with E-state index in [-0.39, 0.29) is 29.9 Å². The first-order chi connectivity index (χ1) is 17.3. The molecule has 2 heterocycles. The number of hydrogen-bond donors (Lipinski definition) is 2. The number of ether oxygens (including phenoxy) is 1. The molecule has 1 aromatic carbocycles. The molecule has 3 aliphatic rings. The van der Waals surface area contributed by atoms with Crippen LogP contribution in [0.2, 0.25) is 0 Å². The van der Waals surface area contributed by atoms with Gasteiger partial charge >= 0.3 is 0 Å². The van der Waals surface area contributed by atoms with E-state index < -0.39 is 6.10 Å². The number of nitrogens with zero attached hydrogens (tertiary/aromatic N) is 2. The Morgan fingerprint density at radius 2 is 2.08 bits per heavy atom. The maximum Gasteiger partial charge on any atom is 0.163 e. The molecule has 36 heavy (non-hydrogen) atoms. The molecule has 0 bridgehead atoms. The number of carbonyl (C=O) groups is 1. The molecule has 1 aromatic rings. The summed E-state index contributed by atoms with van der Waals surface area (Å²) in [6.45, 7) is 6.94. The SMILES string of the molecule is CC(C)CCC1C2=CC=NC2=CN1COc1cc(CCC(=O)CC(O)C2C=CC(C)CC2)ccc1O. The van der Waals surface area contributed by atoms with Gasteiger partial charge in [0.2, 0.25) is 0 Å². The molecule has 194 valence electrons. The van der Waals surface area contributed by atoms with Crippen LogP contribution in [0.25, 0.3) is 0 Å². The lowest BCUT2D eigenvalue weighted by Gasteiger charge is -2.27. The molecule has 2 N–H and O–H groups in total. The second-order valence-corrected chi connectivity index (χ2v) is 10.9. The normalized spacial score (nSPS) is 23.6. The first-order valence-electron chi connectivity index (χ1n) is 13.3. The highest BCUT2D eigenvalue weighted by molar-refractivity contribution is 5.81. The molecule has 2 aliphatic heterocycles. The lowest BCUT2D eigenvalue weighted by molar-refractivity contribution is -0.121. The van der Waals surface area contributed by atoms with Crippen molar-refractivity contribution in [2.75, 3.05) is 6.73 Å². The van der Waals surface area contributed by atoms with E-state index in [1.54, 1.807) is 6.07 Å². The molecule has 0 fully saturated rings. The van der Waals surface area contributed by atoms with Crippen molar-refractivity contribution in [3.8, 4) is 11.5 Å². The third-order valence-electron chi connectivity index (χ3n) is 7.49. The molecule has 0 aromatic heterocycles. The summed E-state index contributed by atoms with van der Waals surface area (Å²) in [7, 11) is 0. The smallest absolute Gasteiger partial charge is 0.163 e. The first kappa shape index (κ1) is 26.2. The van der Waals surface area contributed by atoms with Crippen molar-refractivity contribution >= 4 is 12.0 Å². The number of benzene rings is 1. The minimum absolute atomic E-state index is 0.0575. The number of phenols is 1. The zero-order chi connectivity index (χ0) is 25.7. The van der Waals surface area contributed by atoms with Gasteiger partial charge < -0.3 is 19.8 Å². The number of phenolic OH excluding ortho intramolecular Hbond substituents is 1. The topological polar surface area (TPSA) is 82.4 Å². The number of aliphatic hydroxyl groups excluding tert-OH is 1. The van der Waals surface area contributed by atoms with Gasteiger partial charge in [0, 0.05) is 36.7 Å². The molecule has 4 rings (SSSR count). The Labute approximate surface area is 215 Å². The molecule has 6 nitrogen and oxygen atoms in total. The maximum atomic E-state index is 12.5. The summed E-state index contributed by atoms with van der Waals surface area (Å²) in [6, 6.07) is 5.48. The van der Waals surface area contributed by atoms with E-state index in [0.29, 0.717) is 37.2 Å². The third-order valence-corrected chi connectivity index (χ3v) is 7.49. The van der Waals surface area contributed by atoms with E-state index in [9.17, 15) is 15.0 Å². The van der Waals surface area contributed by atoms with Crippen molar-refractivity contribution in [1.82, 2.24) is 4.90 Å². The number of Topliss-reactive ketones (excluding diaryl/α,β-unsaturated/α-hetero) is 1. The van der Waals surface area contributed by atoms with Crippen LogP contribution in [0.15, 0.2) is 58.9 Å². The average Bonchev–Trinajstić information content (AvgIpc) is 3.43. The number of fused-ring (bicyclic) bond motifs is 1. The standard InChI is InChI=1S/C30H40N2O4/c1-20(2)4-12-27-25-14-15-31-26(25)18-32(27)19-36-30-16-22(8-13-28(30)34)7-11-24(33)17-29(35)23-9-5-21(3)6-10-23/h5,8-9,13-16,18,20-21,23,27,29,34-35H,4,6-7,10-12,17,19H2,1-3H3. The van der Waals surface area contributed by atoms with Gasteiger partial charge in [-0.15, -0.1) is 0 Å². The number of aryl methyl sites for hydroxylation is 1. The highest BCUT2D eigenvalue weighted by Crippen LogP contribution is 2.35. The molecular formula is C30H40N2O4. The van der Waals surface area contributed by atoms with E-state index in [4.69, 9.17) is 4.74 Å². The maximum absolute atomic E-state index is 12.5. The minimum atomic E-state index is -0.614. The number of aromatic hydroxyl groups is 1. The summed E-state index contributed by atoms with van der Waals surface area (Å²) in [6.07, 6.45) is 14.8. The van der Waals surface area contributed by atoms with Crippen LogP contribution in [0.3, 0.4) is 0 Å². The number of aliphatic imine (C=N–C) groups is 1. The van der Waals surface area contributed by atoms with Gasteiger partial charge in [-0.1, -0.05) is 39.0 Å². The van der Waals surface area contributed by atoms with Crippen molar-refractivity contribution in [2.45, 2.75) is 77.9 Å². The minimum Gasteiger partial charge on any atom is -0.504 e. The van der Waals surface area contributed by atoms with Crippen LogP contribution in [0.4, 0.5) is 0 Å². The highest BCUT2D eigenvalue weighted by Gasteiger charge is 2.31. The van der Waals surface area contributed by atoms with Crippen LogP contribution in [-0.4, -0.2) is 46.0 Å². The predicted molar refractivity (Wildman–Crippen MR) is 143 cm³/mol. The summed E-state index contributed by atoms with van der Waals surface area (Å²) >= 11 is 0. The number of ketones is 1. The number of aliphatic hydroxyl groups is 1. The Morgan fingerprint density at radius 1 is 1.25 bits per heavy atom. The Balaban J connectivity index is 1.30. The van der Waals surface area contributed by atoms with Gasteiger partial charge in [-0.05, 0) is 67.7 Å². The van der Waals surface area contributed by atoms with Crippen molar-refractivity contribution in [3.05, 3.63) is 59.5 Å². The summed E-state index contributed by atoms with van der Waals surface area (Å²) < 4.78 is 6.04. The first-order valence-corrected chi connectivity index (χ1v) is 13.3. The fourth-order valence-electron chi connectivity index (χ4n) is 5.16. The van der Waals surface area contributed by atoms with E-state index >= 15 is 0 Å².